The average Bonchev–Trinajstić information content (AvgIpc) is 3.02. The first kappa shape index (κ1) is 23.0. The van der Waals surface area contributed by atoms with Gasteiger partial charge in [-0.3, -0.25) is 19.1 Å². The van der Waals surface area contributed by atoms with Crippen LogP contribution in [0.2, 0.25) is 0 Å². The normalized spacial score (nSPS) is 30.5. The summed E-state index contributed by atoms with van der Waals surface area (Å²) in [5.74, 6) is -0.530. The lowest BCUT2D eigenvalue weighted by Gasteiger charge is -2.38. The van der Waals surface area contributed by atoms with Crippen molar-refractivity contribution in [1.82, 2.24) is 14.9 Å². The number of carbonyl (C=O) groups is 2. The Labute approximate surface area is 178 Å². The van der Waals surface area contributed by atoms with E-state index in [0.29, 0.717) is 0 Å². The van der Waals surface area contributed by atoms with Crippen molar-refractivity contribution in [2.45, 2.75) is 64.4 Å². The van der Waals surface area contributed by atoms with E-state index in [4.69, 9.17) is 24.7 Å². The highest BCUT2D eigenvalue weighted by Gasteiger charge is 2.56. The van der Waals surface area contributed by atoms with Crippen molar-refractivity contribution in [2.24, 2.45) is 11.1 Å². The van der Waals surface area contributed by atoms with Crippen LogP contribution in [0.25, 0.3) is 0 Å². The van der Waals surface area contributed by atoms with Gasteiger partial charge in [0.25, 0.3) is 5.56 Å². The van der Waals surface area contributed by atoms with Crippen molar-refractivity contribution in [3.8, 4) is 0 Å². The topological polar surface area (TPSA) is 164 Å². The highest BCUT2D eigenvalue weighted by Crippen LogP contribution is 2.39. The van der Waals surface area contributed by atoms with Crippen LogP contribution in [-0.2, 0) is 23.7 Å². The summed E-state index contributed by atoms with van der Waals surface area (Å²) in [5.41, 5.74) is 3.48. The number of fused-ring (bicyclic) bond motifs is 1. The number of hydrogen-bond acceptors (Lipinski definition) is 8. The maximum absolute atomic E-state index is 12.7. The minimum Gasteiger partial charge on any atom is -0.454 e. The van der Waals surface area contributed by atoms with Crippen LogP contribution in [0.15, 0.2) is 15.8 Å². The molecule has 0 radical (unpaired) electrons. The van der Waals surface area contributed by atoms with Gasteiger partial charge in [-0.05, 0) is 27.7 Å². The minimum absolute atomic E-state index is 0.0712. The summed E-state index contributed by atoms with van der Waals surface area (Å²) in [6.45, 7) is 6.67. The predicted octanol–water partition coefficient (Wildman–Crippen LogP) is -0.849. The number of aromatic amines is 1. The molecule has 0 aromatic carbocycles. The number of H-pyrrole nitrogens is 1. The Balaban J connectivity index is 2.05. The van der Waals surface area contributed by atoms with Crippen LogP contribution < -0.4 is 22.3 Å². The Morgan fingerprint density at radius 1 is 1.29 bits per heavy atom. The minimum atomic E-state index is -1.11. The second-order valence-corrected chi connectivity index (χ2v) is 8.70. The van der Waals surface area contributed by atoms with Gasteiger partial charge in [0.1, 0.15) is 18.3 Å². The van der Waals surface area contributed by atoms with E-state index in [-0.39, 0.29) is 12.2 Å². The van der Waals surface area contributed by atoms with Gasteiger partial charge in [-0.2, -0.15) is 0 Å². The van der Waals surface area contributed by atoms with Crippen molar-refractivity contribution in [1.29, 1.82) is 0 Å². The molecule has 31 heavy (non-hydrogen) atoms. The summed E-state index contributed by atoms with van der Waals surface area (Å²) in [5, 5.41) is 2.59. The zero-order chi connectivity index (χ0) is 23.1. The summed E-state index contributed by atoms with van der Waals surface area (Å²) in [6, 6.07) is -1.51. The van der Waals surface area contributed by atoms with Gasteiger partial charge < -0.3 is 30.0 Å². The maximum Gasteiger partial charge on any atom is 0.330 e. The fourth-order valence-electron chi connectivity index (χ4n) is 3.64. The Morgan fingerprint density at radius 3 is 2.55 bits per heavy atom. The second-order valence-electron chi connectivity index (χ2n) is 8.70. The molecule has 4 N–H and O–H groups in total. The molecule has 2 amide bonds. The third-order valence-corrected chi connectivity index (χ3v) is 5.32. The van der Waals surface area contributed by atoms with Crippen LogP contribution >= 0.6 is 0 Å². The summed E-state index contributed by atoms with van der Waals surface area (Å²) >= 11 is 0. The molecule has 1 aromatic rings. The molecule has 12 heteroatoms. The summed E-state index contributed by atoms with van der Waals surface area (Å²) < 4.78 is 24.2. The first-order valence-corrected chi connectivity index (χ1v) is 9.83. The number of rotatable bonds is 4. The molecule has 3 heterocycles. The number of nitrogens with zero attached hydrogens (tertiary/aromatic N) is 1. The fourth-order valence-corrected chi connectivity index (χ4v) is 3.64. The number of nitrogens with one attached hydrogen (secondary N) is 2. The van der Waals surface area contributed by atoms with Gasteiger partial charge in [0.2, 0.25) is 0 Å². The van der Waals surface area contributed by atoms with Crippen LogP contribution in [0.3, 0.4) is 0 Å². The van der Waals surface area contributed by atoms with Gasteiger partial charge in [-0.25, -0.2) is 9.59 Å². The third-order valence-electron chi connectivity index (χ3n) is 5.32. The molecule has 2 saturated heterocycles. The summed E-state index contributed by atoms with van der Waals surface area (Å²) in [4.78, 5) is 50.8. The first-order chi connectivity index (χ1) is 14.4. The van der Waals surface area contributed by atoms with Gasteiger partial charge in [-0.15, -0.1) is 0 Å². The van der Waals surface area contributed by atoms with Crippen LogP contribution in [0.4, 0.5) is 4.79 Å². The van der Waals surface area contributed by atoms with E-state index in [1.807, 2.05) is 0 Å². The second kappa shape index (κ2) is 8.44. The van der Waals surface area contributed by atoms with Gasteiger partial charge in [0.15, 0.2) is 12.3 Å². The van der Waals surface area contributed by atoms with Crippen molar-refractivity contribution in [2.75, 3.05) is 13.7 Å². The molecule has 0 spiro atoms. The Hall–Kier alpha value is -2.70. The molecule has 3 rings (SSSR count). The number of aromatic nitrogens is 2. The number of methoxy groups -OCH3 is 1. The Bertz CT molecular complexity index is 965. The molecular weight excluding hydrogens is 412 g/mol. The highest BCUT2D eigenvalue weighted by atomic mass is 16.6. The number of aryl methyl sites for hydroxylation is 1. The summed E-state index contributed by atoms with van der Waals surface area (Å²) in [6.07, 6.45) is -3.06. The zero-order valence-electron chi connectivity index (χ0n) is 18.0. The largest absolute Gasteiger partial charge is 0.454 e. The molecule has 1 aromatic heterocycles. The van der Waals surface area contributed by atoms with Crippen LogP contribution in [0.1, 0.15) is 32.6 Å². The smallest absolute Gasteiger partial charge is 0.330 e. The van der Waals surface area contributed by atoms with Crippen molar-refractivity contribution < 1.29 is 28.5 Å². The summed E-state index contributed by atoms with van der Waals surface area (Å²) in [7, 11) is 1.45. The predicted molar refractivity (Wildman–Crippen MR) is 106 cm³/mol. The van der Waals surface area contributed by atoms with Crippen LogP contribution in [0, 0.1) is 12.3 Å². The number of primary amides is 1. The molecule has 0 bridgehead atoms. The number of carbonyl (C=O) groups excluding carboxylic acids is 2. The molecule has 0 saturated carbocycles. The highest BCUT2D eigenvalue weighted by molar-refractivity contribution is 5.75. The van der Waals surface area contributed by atoms with Crippen molar-refractivity contribution in [3.05, 3.63) is 32.6 Å². The number of esters is 1. The van der Waals surface area contributed by atoms with Gasteiger partial charge in [-0.1, -0.05) is 0 Å². The number of amides is 2. The van der Waals surface area contributed by atoms with Crippen molar-refractivity contribution in [3.63, 3.8) is 0 Å². The SMILES string of the molecule is CO[C@@H]1CO[C@@H]2[C@H](O[C@@H](n3cc(C)c(=O)[nH]c3=O)[C@@H]2OC(=O)C(C)(C)C)[C@@H]1NC(N)=O. The molecular formula is C19H28N4O8. The van der Waals surface area contributed by atoms with E-state index in [0.717, 1.165) is 4.57 Å². The van der Waals surface area contributed by atoms with E-state index in [1.165, 1.54) is 20.2 Å². The number of nitrogens with two attached hydrogens (primary N) is 1. The van der Waals surface area contributed by atoms with Crippen LogP contribution in [0.5, 0.6) is 0 Å². The van der Waals surface area contributed by atoms with Gasteiger partial charge in [0.05, 0.1) is 18.1 Å². The first-order valence-electron chi connectivity index (χ1n) is 9.83. The van der Waals surface area contributed by atoms with Gasteiger partial charge in [0, 0.05) is 18.9 Å². The molecule has 12 nitrogen and oxygen atoms in total. The molecule has 2 aliphatic heterocycles. The average molecular weight is 440 g/mol. The number of urea groups is 1. The van der Waals surface area contributed by atoms with E-state index >= 15 is 0 Å². The van der Waals surface area contributed by atoms with Gasteiger partial charge >= 0.3 is 17.7 Å². The lowest BCUT2D eigenvalue weighted by atomic mass is 9.94. The van der Waals surface area contributed by atoms with E-state index < -0.39 is 65.4 Å². The molecule has 2 fully saturated rings. The standard InChI is InChI=1S/C19H28N4O8/c1-8-6-23(18(27)22-14(8)24)15-13(31-16(25)19(2,3)4)12-11(30-15)10(21-17(20)26)9(28-5)7-29-12/h6,9-13,15H,7H2,1-5H3,(H3,20,21,26)(H,22,24,27)/t9-,10-,11-,12-,13-,15-/m1/s1. The van der Waals surface area contributed by atoms with E-state index in [9.17, 15) is 19.2 Å². The lowest BCUT2D eigenvalue weighted by Crippen LogP contribution is -2.62. The number of ether oxygens (including phenoxy) is 4. The lowest BCUT2D eigenvalue weighted by molar-refractivity contribution is -0.174. The Morgan fingerprint density at radius 2 is 1.97 bits per heavy atom. The number of hydrogen-bond donors (Lipinski definition) is 3. The molecule has 2 aliphatic rings. The Kier molecular flexibility index (Phi) is 6.25. The maximum atomic E-state index is 12.7. The monoisotopic (exact) mass is 440 g/mol. The molecule has 6 atom stereocenters. The molecule has 172 valence electrons. The van der Waals surface area contributed by atoms with Crippen LogP contribution in [-0.4, -0.2) is 65.7 Å². The fraction of sp³-hybridized carbons (Fsp3) is 0.684. The zero-order valence-corrected chi connectivity index (χ0v) is 18.0. The quantitative estimate of drug-likeness (QED) is 0.510. The molecule has 0 aliphatic carbocycles. The molecule has 0 unspecified atom stereocenters. The van der Waals surface area contributed by atoms with E-state index in [1.54, 1.807) is 20.8 Å². The van der Waals surface area contributed by atoms with E-state index in [2.05, 4.69) is 10.3 Å². The van der Waals surface area contributed by atoms with Crippen molar-refractivity contribution >= 4 is 12.0 Å². The third kappa shape index (κ3) is 4.50.